The van der Waals surface area contributed by atoms with E-state index < -0.39 is 5.69 Å². The van der Waals surface area contributed by atoms with Crippen LogP contribution in [0.1, 0.15) is 11.2 Å². The van der Waals surface area contributed by atoms with E-state index in [4.69, 9.17) is 5.11 Å². The van der Waals surface area contributed by atoms with Gasteiger partial charge in [-0.1, -0.05) is 6.07 Å². The van der Waals surface area contributed by atoms with Crippen LogP contribution in [-0.4, -0.2) is 56.3 Å². The number of likely N-dealkylation sites (tertiary alicyclic amines) is 1. The summed E-state index contributed by atoms with van der Waals surface area (Å²) in [5.74, 6) is -0.113. The van der Waals surface area contributed by atoms with Crippen LogP contribution < -0.4 is 5.69 Å². The highest BCUT2D eigenvalue weighted by atomic mass is 16.3. The van der Waals surface area contributed by atoms with Crippen molar-refractivity contribution in [3.8, 4) is 0 Å². The molecule has 1 unspecified atom stereocenters. The zero-order chi connectivity index (χ0) is 14.1. The number of hydrogen-bond acceptors (Lipinski definition) is 5. The van der Waals surface area contributed by atoms with Crippen LogP contribution in [0.2, 0.25) is 0 Å². The van der Waals surface area contributed by atoms with Gasteiger partial charge in [-0.25, -0.2) is 9.20 Å². The number of nitrogens with zero attached hydrogens (tertiary/aromatic N) is 4. The number of aliphatic hydroxyl groups is 1. The molecule has 106 valence electrons. The first-order chi connectivity index (χ1) is 9.69. The van der Waals surface area contributed by atoms with E-state index in [0.717, 1.165) is 17.6 Å². The largest absolute Gasteiger partial charge is 0.396 e. The fraction of sp³-hybridized carbons (Fsp3) is 0.462. The molecule has 0 amide bonds. The number of aliphatic hydroxyl groups excluding tert-OH is 1. The minimum Gasteiger partial charge on any atom is -0.396 e. The van der Waals surface area contributed by atoms with Crippen molar-refractivity contribution in [3.05, 3.63) is 34.9 Å². The molecule has 0 bridgehead atoms. The van der Waals surface area contributed by atoms with E-state index in [2.05, 4.69) is 5.10 Å². The number of aromatic nitrogens is 3. The maximum atomic E-state index is 12.2. The summed E-state index contributed by atoms with van der Waals surface area (Å²) in [6.07, 6.45) is 2.47. The second-order valence-corrected chi connectivity index (χ2v) is 5.09. The van der Waals surface area contributed by atoms with Gasteiger partial charge in [0.25, 0.3) is 5.91 Å². The SMILES string of the molecule is O=C(CN1CCC(CO)C1)n1nc2ccccn2c1=O. The van der Waals surface area contributed by atoms with E-state index >= 15 is 0 Å². The normalized spacial score (nSPS) is 19.8. The smallest absolute Gasteiger partial charge is 0.357 e. The average Bonchev–Trinajstić information content (AvgIpc) is 3.04. The van der Waals surface area contributed by atoms with Gasteiger partial charge < -0.3 is 5.11 Å². The maximum Gasteiger partial charge on any atom is 0.357 e. The van der Waals surface area contributed by atoms with Crippen molar-refractivity contribution in [2.24, 2.45) is 5.92 Å². The number of hydrogen-bond donors (Lipinski definition) is 1. The number of pyridine rings is 1. The molecule has 3 rings (SSSR count). The Bertz CT molecular complexity index is 690. The Morgan fingerprint density at radius 2 is 2.30 bits per heavy atom. The van der Waals surface area contributed by atoms with E-state index in [1.807, 2.05) is 4.90 Å². The molecule has 1 aliphatic rings. The van der Waals surface area contributed by atoms with Crippen LogP contribution in [0.5, 0.6) is 0 Å². The summed E-state index contributed by atoms with van der Waals surface area (Å²) < 4.78 is 2.26. The summed E-state index contributed by atoms with van der Waals surface area (Å²) in [6, 6.07) is 5.17. The van der Waals surface area contributed by atoms with Gasteiger partial charge in [-0.2, -0.15) is 0 Å². The summed E-state index contributed by atoms with van der Waals surface area (Å²) in [6.45, 7) is 1.74. The topological polar surface area (TPSA) is 79.8 Å². The van der Waals surface area contributed by atoms with Gasteiger partial charge in [-0.15, -0.1) is 9.78 Å². The molecule has 1 N–H and O–H groups in total. The summed E-state index contributed by atoms with van der Waals surface area (Å²) in [5, 5.41) is 13.1. The molecule has 2 aromatic heterocycles. The van der Waals surface area contributed by atoms with Crippen LogP contribution in [0.25, 0.3) is 5.65 Å². The fourth-order valence-corrected chi connectivity index (χ4v) is 2.55. The first-order valence-corrected chi connectivity index (χ1v) is 6.62. The Labute approximate surface area is 115 Å². The molecule has 20 heavy (non-hydrogen) atoms. The van der Waals surface area contributed by atoms with Crippen molar-refractivity contribution in [2.45, 2.75) is 6.42 Å². The van der Waals surface area contributed by atoms with Crippen molar-refractivity contribution in [1.29, 1.82) is 0 Å². The van der Waals surface area contributed by atoms with Crippen molar-refractivity contribution < 1.29 is 9.90 Å². The number of fused-ring (bicyclic) bond motifs is 1. The third-order valence-electron chi connectivity index (χ3n) is 3.65. The van der Waals surface area contributed by atoms with Gasteiger partial charge in [0.2, 0.25) is 0 Å². The second-order valence-electron chi connectivity index (χ2n) is 5.09. The van der Waals surface area contributed by atoms with Gasteiger partial charge in [0.05, 0.1) is 6.54 Å². The van der Waals surface area contributed by atoms with Crippen molar-refractivity contribution in [3.63, 3.8) is 0 Å². The third kappa shape index (κ3) is 2.25. The summed E-state index contributed by atoms with van der Waals surface area (Å²) >= 11 is 0. The minimum absolute atomic E-state index is 0.138. The van der Waals surface area contributed by atoms with Crippen LogP contribution in [0.3, 0.4) is 0 Å². The molecular weight excluding hydrogens is 260 g/mol. The van der Waals surface area contributed by atoms with E-state index in [0.29, 0.717) is 12.2 Å². The van der Waals surface area contributed by atoms with Crippen LogP contribution in [0.15, 0.2) is 29.2 Å². The van der Waals surface area contributed by atoms with Gasteiger partial charge >= 0.3 is 5.69 Å². The van der Waals surface area contributed by atoms with Gasteiger partial charge in [-0.05, 0) is 31.0 Å². The quantitative estimate of drug-likeness (QED) is 0.813. The monoisotopic (exact) mass is 276 g/mol. The number of rotatable bonds is 3. The third-order valence-corrected chi connectivity index (χ3v) is 3.65. The Morgan fingerprint density at radius 1 is 1.45 bits per heavy atom. The summed E-state index contributed by atoms with van der Waals surface area (Å²) in [5.41, 5.74) is 0.0176. The van der Waals surface area contributed by atoms with E-state index in [9.17, 15) is 9.59 Å². The molecule has 0 aliphatic carbocycles. The molecule has 1 atom stereocenters. The molecule has 2 aromatic rings. The zero-order valence-corrected chi connectivity index (χ0v) is 11.0. The lowest BCUT2D eigenvalue weighted by Crippen LogP contribution is -2.36. The van der Waals surface area contributed by atoms with Gasteiger partial charge in [-0.3, -0.25) is 9.69 Å². The van der Waals surface area contributed by atoms with Gasteiger partial charge in [0.15, 0.2) is 5.65 Å². The first kappa shape index (κ1) is 13.0. The van der Waals surface area contributed by atoms with Crippen molar-refractivity contribution in [2.75, 3.05) is 26.2 Å². The van der Waals surface area contributed by atoms with Gasteiger partial charge in [0, 0.05) is 19.3 Å². The number of carbonyl (C=O) groups is 1. The van der Waals surface area contributed by atoms with Crippen molar-refractivity contribution in [1.82, 2.24) is 19.1 Å². The summed E-state index contributed by atoms with van der Waals surface area (Å²) in [4.78, 5) is 26.2. The van der Waals surface area contributed by atoms with E-state index in [1.54, 1.807) is 24.4 Å². The highest BCUT2D eigenvalue weighted by molar-refractivity contribution is 5.80. The summed E-state index contributed by atoms with van der Waals surface area (Å²) in [7, 11) is 0. The predicted octanol–water partition coefficient (Wildman–Crippen LogP) is -0.550. The first-order valence-electron chi connectivity index (χ1n) is 6.62. The van der Waals surface area contributed by atoms with Gasteiger partial charge in [0.1, 0.15) is 0 Å². The fourth-order valence-electron chi connectivity index (χ4n) is 2.55. The zero-order valence-electron chi connectivity index (χ0n) is 11.0. The standard InChI is InChI=1S/C13H16N4O3/c18-9-10-4-6-15(7-10)8-12(19)17-13(20)16-5-2-1-3-11(16)14-17/h1-3,5,10,18H,4,6-9H2. The molecule has 0 aromatic carbocycles. The minimum atomic E-state index is -0.441. The molecule has 3 heterocycles. The molecule has 7 heteroatoms. The van der Waals surface area contributed by atoms with Crippen molar-refractivity contribution >= 4 is 11.6 Å². The second kappa shape index (κ2) is 5.18. The molecular formula is C13H16N4O3. The Balaban J connectivity index is 1.79. The van der Waals surface area contributed by atoms with Crippen LogP contribution >= 0.6 is 0 Å². The lowest BCUT2D eigenvalue weighted by Gasteiger charge is -2.13. The van der Waals surface area contributed by atoms with Crippen LogP contribution in [0.4, 0.5) is 0 Å². The molecule has 1 saturated heterocycles. The van der Waals surface area contributed by atoms with E-state index in [-0.39, 0.29) is 25.0 Å². The maximum absolute atomic E-state index is 12.2. The molecule has 0 saturated carbocycles. The highest BCUT2D eigenvalue weighted by Crippen LogP contribution is 2.14. The molecule has 0 spiro atoms. The van der Waals surface area contributed by atoms with E-state index in [1.165, 1.54) is 4.40 Å². The average molecular weight is 276 g/mol. The van der Waals surface area contributed by atoms with Crippen LogP contribution in [0, 0.1) is 5.92 Å². The van der Waals surface area contributed by atoms with Crippen LogP contribution in [-0.2, 0) is 0 Å². The predicted molar refractivity (Wildman–Crippen MR) is 71.7 cm³/mol. The number of carbonyl (C=O) groups excluding carboxylic acids is 1. The molecule has 0 radical (unpaired) electrons. The lowest BCUT2D eigenvalue weighted by molar-refractivity contribution is 0.0837. The molecule has 1 aliphatic heterocycles. The Kier molecular flexibility index (Phi) is 3.37. The highest BCUT2D eigenvalue weighted by Gasteiger charge is 2.25. The lowest BCUT2D eigenvalue weighted by atomic mass is 10.1. The Hall–Kier alpha value is -1.99. The molecule has 7 nitrogen and oxygen atoms in total. The Morgan fingerprint density at radius 3 is 3.00 bits per heavy atom. The molecule has 1 fully saturated rings.